The maximum atomic E-state index is 12.8. The van der Waals surface area contributed by atoms with Gasteiger partial charge in [0.15, 0.2) is 5.13 Å². The summed E-state index contributed by atoms with van der Waals surface area (Å²) in [5.41, 5.74) is 7.67. The van der Waals surface area contributed by atoms with E-state index in [1.165, 1.54) is 28.0 Å². The minimum atomic E-state index is -0.282. The summed E-state index contributed by atoms with van der Waals surface area (Å²) < 4.78 is 0. The molecule has 4 aromatic rings. The number of anilines is 1. The highest BCUT2D eigenvalue weighted by Crippen LogP contribution is 2.31. The molecule has 0 saturated heterocycles. The first-order valence-corrected chi connectivity index (χ1v) is 11.1. The molecule has 31 heavy (non-hydrogen) atoms. The van der Waals surface area contributed by atoms with Crippen LogP contribution in [0.1, 0.15) is 33.9 Å². The standard InChI is InChI=1S/C26H25N3OS/c1-17-14-18(2)23(19(3)15-17)22-16-31-26(27-22)29-25(30)28-24(20-10-6-4-7-11-20)21-12-8-5-9-13-21/h4-16,24H,1-3H3,(H2,27,28,29,30). The van der Waals surface area contributed by atoms with Crippen LogP contribution in [0.15, 0.2) is 78.2 Å². The Labute approximate surface area is 187 Å². The summed E-state index contributed by atoms with van der Waals surface area (Å²) in [7, 11) is 0. The highest BCUT2D eigenvalue weighted by atomic mass is 32.1. The van der Waals surface area contributed by atoms with E-state index in [0.29, 0.717) is 5.13 Å². The fraction of sp³-hybridized carbons (Fsp3) is 0.154. The largest absolute Gasteiger partial charge is 0.327 e. The van der Waals surface area contributed by atoms with Gasteiger partial charge in [0.2, 0.25) is 0 Å². The molecule has 0 spiro atoms. The minimum absolute atomic E-state index is 0.247. The number of aromatic nitrogens is 1. The summed E-state index contributed by atoms with van der Waals surface area (Å²) in [6.07, 6.45) is 0. The first kappa shape index (κ1) is 20.8. The Morgan fingerprint density at radius 2 is 1.42 bits per heavy atom. The van der Waals surface area contributed by atoms with Crippen LogP contribution < -0.4 is 10.6 Å². The number of thiazole rings is 1. The highest BCUT2D eigenvalue weighted by molar-refractivity contribution is 7.14. The lowest BCUT2D eigenvalue weighted by atomic mass is 9.98. The Morgan fingerprint density at radius 3 is 1.97 bits per heavy atom. The summed E-state index contributed by atoms with van der Waals surface area (Å²) in [5.74, 6) is 0. The van der Waals surface area contributed by atoms with Gasteiger partial charge < -0.3 is 5.32 Å². The third-order valence-electron chi connectivity index (χ3n) is 5.20. The Balaban J connectivity index is 1.53. The van der Waals surface area contributed by atoms with E-state index < -0.39 is 0 Å². The molecule has 4 nitrogen and oxygen atoms in total. The molecule has 2 amide bonds. The SMILES string of the molecule is Cc1cc(C)c(-c2csc(NC(=O)NC(c3ccccc3)c3ccccc3)n2)c(C)c1. The van der Waals surface area contributed by atoms with Gasteiger partial charge in [-0.1, -0.05) is 78.4 Å². The molecular formula is C26H25N3OS. The smallest absolute Gasteiger partial charge is 0.321 e. The quantitative estimate of drug-likeness (QED) is 0.375. The summed E-state index contributed by atoms with van der Waals surface area (Å²) in [6.45, 7) is 6.29. The molecule has 0 bridgehead atoms. The molecule has 5 heteroatoms. The summed E-state index contributed by atoms with van der Waals surface area (Å²) in [4.78, 5) is 17.5. The number of aryl methyl sites for hydroxylation is 3. The van der Waals surface area contributed by atoms with Crippen LogP contribution in [0.25, 0.3) is 11.3 Å². The zero-order valence-electron chi connectivity index (χ0n) is 17.8. The predicted molar refractivity (Wildman–Crippen MR) is 129 cm³/mol. The van der Waals surface area contributed by atoms with E-state index >= 15 is 0 Å². The summed E-state index contributed by atoms with van der Waals surface area (Å²) in [6, 6.07) is 23.7. The van der Waals surface area contributed by atoms with Gasteiger partial charge in [0.1, 0.15) is 0 Å². The lowest BCUT2D eigenvalue weighted by Gasteiger charge is -2.19. The lowest BCUT2D eigenvalue weighted by molar-refractivity contribution is 0.250. The molecule has 1 heterocycles. The van der Waals surface area contributed by atoms with Gasteiger partial charge in [-0.15, -0.1) is 11.3 Å². The fourth-order valence-corrected chi connectivity index (χ4v) is 4.64. The second kappa shape index (κ2) is 9.14. The van der Waals surface area contributed by atoms with E-state index in [1.807, 2.05) is 66.0 Å². The van der Waals surface area contributed by atoms with Gasteiger partial charge in [0, 0.05) is 10.9 Å². The molecule has 0 atom stereocenters. The van der Waals surface area contributed by atoms with Crippen LogP contribution in [0.4, 0.5) is 9.93 Å². The third-order valence-corrected chi connectivity index (χ3v) is 5.96. The number of hydrogen-bond donors (Lipinski definition) is 2. The van der Waals surface area contributed by atoms with Crippen LogP contribution in [0.2, 0.25) is 0 Å². The highest BCUT2D eigenvalue weighted by Gasteiger charge is 2.18. The molecule has 0 aliphatic carbocycles. The van der Waals surface area contributed by atoms with Crippen molar-refractivity contribution in [1.29, 1.82) is 0 Å². The number of carbonyl (C=O) groups excluding carboxylic acids is 1. The molecule has 0 aliphatic rings. The van der Waals surface area contributed by atoms with Crippen molar-refractivity contribution < 1.29 is 4.79 Å². The van der Waals surface area contributed by atoms with Gasteiger partial charge >= 0.3 is 6.03 Å². The van der Waals surface area contributed by atoms with E-state index in [1.54, 1.807) is 0 Å². The Hall–Kier alpha value is -3.44. The van der Waals surface area contributed by atoms with Gasteiger partial charge in [0.25, 0.3) is 0 Å². The van der Waals surface area contributed by atoms with Gasteiger partial charge in [0.05, 0.1) is 11.7 Å². The van der Waals surface area contributed by atoms with Crippen LogP contribution in [0.3, 0.4) is 0 Å². The number of amides is 2. The maximum Gasteiger partial charge on any atom is 0.321 e. The van der Waals surface area contributed by atoms with Gasteiger partial charge in [-0.25, -0.2) is 9.78 Å². The molecule has 4 rings (SSSR count). The van der Waals surface area contributed by atoms with E-state index in [2.05, 4.69) is 48.5 Å². The summed E-state index contributed by atoms with van der Waals surface area (Å²) >= 11 is 1.43. The molecular weight excluding hydrogens is 402 g/mol. The average molecular weight is 428 g/mol. The second-order valence-corrected chi connectivity index (χ2v) is 8.52. The molecule has 1 aromatic heterocycles. The normalized spacial score (nSPS) is 10.8. The fourth-order valence-electron chi connectivity index (χ4n) is 3.94. The molecule has 0 radical (unpaired) electrons. The number of benzene rings is 3. The van der Waals surface area contributed by atoms with Crippen molar-refractivity contribution >= 4 is 22.5 Å². The second-order valence-electron chi connectivity index (χ2n) is 7.66. The lowest BCUT2D eigenvalue weighted by Crippen LogP contribution is -2.33. The van der Waals surface area contributed by atoms with E-state index in [0.717, 1.165) is 22.4 Å². The maximum absolute atomic E-state index is 12.8. The first-order valence-electron chi connectivity index (χ1n) is 10.2. The van der Waals surface area contributed by atoms with Crippen LogP contribution in [-0.4, -0.2) is 11.0 Å². The van der Waals surface area contributed by atoms with Gasteiger partial charge in [-0.05, 0) is 43.0 Å². The van der Waals surface area contributed by atoms with Crippen molar-refractivity contribution in [2.24, 2.45) is 0 Å². The number of rotatable bonds is 5. The molecule has 156 valence electrons. The van der Waals surface area contributed by atoms with E-state index in [-0.39, 0.29) is 12.1 Å². The van der Waals surface area contributed by atoms with Gasteiger partial charge in [-0.3, -0.25) is 5.32 Å². The Morgan fingerprint density at radius 1 is 0.871 bits per heavy atom. The van der Waals surface area contributed by atoms with Crippen LogP contribution in [0.5, 0.6) is 0 Å². The monoisotopic (exact) mass is 427 g/mol. The van der Waals surface area contributed by atoms with Crippen LogP contribution in [-0.2, 0) is 0 Å². The van der Waals surface area contributed by atoms with Crippen LogP contribution >= 0.6 is 11.3 Å². The Kier molecular flexibility index (Phi) is 6.14. The number of nitrogens with one attached hydrogen (secondary N) is 2. The minimum Gasteiger partial charge on any atom is -0.327 e. The van der Waals surface area contributed by atoms with E-state index in [9.17, 15) is 4.79 Å². The molecule has 2 N–H and O–H groups in total. The molecule has 3 aromatic carbocycles. The van der Waals surface area contributed by atoms with Gasteiger partial charge in [-0.2, -0.15) is 0 Å². The first-order chi connectivity index (χ1) is 15.0. The average Bonchev–Trinajstić information content (AvgIpc) is 3.20. The number of nitrogens with zero attached hydrogens (tertiary/aromatic N) is 1. The molecule has 0 saturated carbocycles. The van der Waals surface area contributed by atoms with Crippen molar-refractivity contribution in [3.63, 3.8) is 0 Å². The van der Waals surface area contributed by atoms with Crippen molar-refractivity contribution in [1.82, 2.24) is 10.3 Å². The number of urea groups is 1. The third kappa shape index (κ3) is 4.84. The van der Waals surface area contributed by atoms with Crippen molar-refractivity contribution in [3.8, 4) is 11.3 Å². The zero-order valence-corrected chi connectivity index (χ0v) is 18.7. The van der Waals surface area contributed by atoms with E-state index in [4.69, 9.17) is 0 Å². The Bertz CT molecular complexity index is 1120. The zero-order chi connectivity index (χ0) is 21.8. The topological polar surface area (TPSA) is 54.0 Å². The van der Waals surface area contributed by atoms with Crippen molar-refractivity contribution in [2.45, 2.75) is 26.8 Å². The molecule has 0 aliphatic heterocycles. The predicted octanol–water partition coefficient (Wildman–Crippen LogP) is 6.65. The molecule has 0 fully saturated rings. The van der Waals surface area contributed by atoms with Crippen LogP contribution in [0, 0.1) is 20.8 Å². The number of hydrogen-bond acceptors (Lipinski definition) is 3. The van der Waals surface area contributed by atoms with Crippen molar-refractivity contribution in [3.05, 3.63) is 106 Å². The summed E-state index contributed by atoms with van der Waals surface area (Å²) in [5, 5.41) is 8.57. The van der Waals surface area contributed by atoms with Crippen molar-refractivity contribution in [2.75, 3.05) is 5.32 Å². The number of carbonyl (C=O) groups is 1. The molecule has 0 unspecified atom stereocenters.